The van der Waals surface area contributed by atoms with Gasteiger partial charge in [-0.25, -0.2) is 4.79 Å². The number of carbonyl (C=O) groups is 2. The number of nitrogens with zero attached hydrogens (tertiary/aromatic N) is 1. The van der Waals surface area contributed by atoms with E-state index in [1.165, 1.54) is 18.2 Å². The first-order valence-electron chi connectivity index (χ1n) is 5.65. The molecule has 2 N–H and O–H groups in total. The Morgan fingerprint density at radius 3 is 2.74 bits per heavy atom. The molecule has 0 fully saturated rings. The predicted molar refractivity (Wildman–Crippen MR) is 66.2 cm³/mol. The fraction of sp³-hybridized carbons (Fsp3) is 0.333. The first kappa shape index (κ1) is 14.8. The lowest BCUT2D eigenvalue weighted by molar-refractivity contribution is -0.384. The number of rotatable bonds is 6. The van der Waals surface area contributed by atoms with E-state index in [2.05, 4.69) is 0 Å². The quantitative estimate of drug-likeness (QED) is 0.355. The summed E-state index contributed by atoms with van der Waals surface area (Å²) in [7, 11) is 0. The molecule has 0 aliphatic rings. The van der Waals surface area contributed by atoms with E-state index in [9.17, 15) is 19.7 Å². The molecule has 1 aromatic carbocycles. The zero-order chi connectivity index (χ0) is 14.4. The highest BCUT2D eigenvalue weighted by molar-refractivity contribution is 6.35. The number of nitro groups is 1. The number of hydrogen-bond donors (Lipinski definition) is 1. The molecule has 0 aliphatic carbocycles. The number of nitro benzene ring substituents is 1. The van der Waals surface area contributed by atoms with Gasteiger partial charge in [-0.05, 0) is 12.0 Å². The molecule has 0 amide bonds. The van der Waals surface area contributed by atoms with Crippen LogP contribution in [0.25, 0.3) is 0 Å². The highest BCUT2D eigenvalue weighted by atomic mass is 16.6. The lowest BCUT2D eigenvalue weighted by atomic mass is 10.1. The van der Waals surface area contributed by atoms with Crippen LogP contribution in [0, 0.1) is 10.1 Å². The molecule has 1 aromatic rings. The zero-order valence-electron chi connectivity index (χ0n) is 10.4. The van der Waals surface area contributed by atoms with Gasteiger partial charge >= 0.3 is 5.97 Å². The Balaban J connectivity index is 2.62. The summed E-state index contributed by atoms with van der Waals surface area (Å²) in [6.45, 7) is 1.47. The van der Waals surface area contributed by atoms with Crippen LogP contribution in [0.1, 0.15) is 18.9 Å². The van der Waals surface area contributed by atoms with Gasteiger partial charge in [0, 0.05) is 12.1 Å². The summed E-state index contributed by atoms with van der Waals surface area (Å²) in [5.41, 5.74) is 5.74. The van der Waals surface area contributed by atoms with Crippen LogP contribution in [-0.2, 0) is 20.9 Å². The number of benzene rings is 1. The summed E-state index contributed by atoms with van der Waals surface area (Å²) in [4.78, 5) is 32.7. The molecular weight excluding hydrogens is 252 g/mol. The van der Waals surface area contributed by atoms with Gasteiger partial charge in [-0.2, -0.15) is 0 Å². The molecule has 1 atom stereocenters. The molecule has 0 saturated carbocycles. The summed E-state index contributed by atoms with van der Waals surface area (Å²) in [6, 6.07) is 4.75. The van der Waals surface area contributed by atoms with Crippen molar-refractivity contribution in [3.8, 4) is 0 Å². The molecule has 0 spiro atoms. The third-order valence-electron chi connectivity index (χ3n) is 2.47. The van der Waals surface area contributed by atoms with Gasteiger partial charge in [0.2, 0.25) is 0 Å². The van der Waals surface area contributed by atoms with Gasteiger partial charge in [-0.1, -0.05) is 19.1 Å². The Bertz CT molecular complexity index is 501. The van der Waals surface area contributed by atoms with Crippen LogP contribution in [0.2, 0.25) is 0 Å². The minimum absolute atomic E-state index is 0.106. The Hall–Kier alpha value is -2.28. The first-order valence-corrected chi connectivity index (χ1v) is 5.65. The summed E-state index contributed by atoms with van der Waals surface area (Å²) < 4.78 is 4.76. The Morgan fingerprint density at radius 2 is 2.16 bits per heavy atom. The average molecular weight is 266 g/mol. The number of ketones is 1. The number of hydrogen-bond acceptors (Lipinski definition) is 6. The van der Waals surface area contributed by atoms with Crippen molar-refractivity contribution in [1.82, 2.24) is 0 Å². The van der Waals surface area contributed by atoms with Crippen molar-refractivity contribution in [3.63, 3.8) is 0 Å². The molecule has 102 valence electrons. The van der Waals surface area contributed by atoms with Crippen LogP contribution >= 0.6 is 0 Å². The fourth-order valence-electron chi connectivity index (χ4n) is 1.32. The van der Waals surface area contributed by atoms with Crippen molar-refractivity contribution in [2.75, 3.05) is 0 Å². The number of Topliss-reactive ketones (excluding diaryl/α,β-unsaturated/α-hetero) is 1. The van der Waals surface area contributed by atoms with Gasteiger partial charge in [0.1, 0.15) is 6.61 Å². The van der Waals surface area contributed by atoms with Crippen molar-refractivity contribution in [2.45, 2.75) is 26.0 Å². The number of non-ortho nitro benzene ring substituents is 1. The van der Waals surface area contributed by atoms with E-state index >= 15 is 0 Å². The maximum absolute atomic E-state index is 11.4. The number of ether oxygens (including phenoxy) is 1. The molecule has 0 radical (unpaired) electrons. The largest absolute Gasteiger partial charge is 0.455 e. The zero-order valence-corrected chi connectivity index (χ0v) is 10.4. The molecule has 1 unspecified atom stereocenters. The van der Waals surface area contributed by atoms with E-state index in [4.69, 9.17) is 10.5 Å². The van der Waals surface area contributed by atoms with Crippen LogP contribution in [0.5, 0.6) is 0 Å². The van der Waals surface area contributed by atoms with Crippen molar-refractivity contribution in [3.05, 3.63) is 39.9 Å². The van der Waals surface area contributed by atoms with Crippen LogP contribution in [0.4, 0.5) is 5.69 Å². The van der Waals surface area contributed by atoms with Crippen molar-refractivity contribution >= 4 is 17.4 Å². The molecule has 0 saturated heterocycles. The molecule has 7 nitrogen and oxygen atoms in total. The summed E-state index contributed by atoms with van der Waals surface area (Å²) in [6.07, 6.45) is 0.338. The van der Waals surface area contributed by atoms with Gasteiger partial charge < -0.3 is 10.5 Å². The summed E-state index contributed by atoms with van der Waals surface area (Å²) in [5, 5.41) is 10.6. The highest BCUT2D eigenvalue weighted by Crippen LogP contribution is 2.13. The van der Waals surface area contributed by atoms with Gasteiger partial charge in [-0.15, -0.1) is 0 Å². The maximum Gasteiger partial charge on any atom is 0.376 e. The van der Waals surface area contributed by atoms with E-state index in [1.54, 1.807) is 13.0 Å². The molecular formula is C12H14N2O5. The van der Waals surface area contributed by atoms with E-state index in [0.717, 1.165) is 0 Å². The monoisotopic (exact) mass is 266 g/mol. The summed E-state index contributed by atoms with van der Waals surface area (Å²) >= 11 is 0. The van der Waals surface area contributed by atoms with E-state index in [0.29, 0.717) is 12.0 Å². The number of carbonyl (C=O) groups excluding carboxylic acids is 2. The van der Waals surface area contributed by atoms with Crippen molar-refractivity contribution in [1.29, 1.82) is 0 Å². The minimum Gasteiger partial charge on any atom is -0.455 e. The topological polar surface area (TPSA) is 113 Å². The predicted octanol–water partition coefficient (Wildman–Crippen LogP) is 0.944. The Kier molecular flexibility index (Phi) is 5.13. The SMILES string of the molecule is CCC(N)C(=O)C(=O)OCc1cccc([N+](=O)[O-])c1. The normalized spacial score (nSPS) is 11.7. The second-order valence-corrected chi connectivity index (χ2v) is 3.88. The molecule has 1 rings (SSSR count). The van der Waals surface area contributed by atoms with E-state index < -0.39 is 22.7 Å². The molecule has 0 heterocycles. The molecule has 19 heavy (non-hydrogen) atoms. The molecule has 7 heteroatoms. The van der Waals surface area contributed by atoms with Gasteiger partial charge in [-0.3, -0.25) is 14.9 Å². The molecule has 0 bridgehead atoms. The minimum atomic E-state index is -1.03. The third-order valence-corrected chi connectivity index (χ3v) is 2.47. The molecule has 0 aromatic heterocycles. The molecule has 0 aliphatic heterocycles. The Morgan fingerprint density at radius 1 is 1.47 bits per heavy atom. The smallest absolute Gasteiger partial charge is 0.376 e. The van der Waals surface area contributed by atoms with Crippen LogP contribution in [0.15, 0.2) is 24.3 Å². The third kappa shape index (κ3) is 4.14. The van der Waals surface area contributed by atoms with E-state index in [1.807, 2.05) is 0 Å². The van der Waals surface area contributed by atoms with Gasteiger partial charge in [0.25, 0.3) is 11.5 Å². The average Bonchev–Trinajstić information content (AvgIpc) is 2.43. The lowest BCUT2D eigenvalue weighted by Crippen LogP contribution is -2.36. The number of esters is 1. The van der Waals surface area contributed by atoms with Gasteiger partial charge in [0.15, 0.2) is 0 Å². The Labute approximate surface area is 109 Å². The van der Waals surface area contributed by atoms with E-state index in [-0.39, 0.29) is 12.3 Å². The maximum atomic E-state index is 11.4. The fourth-order valence-corrected chi connectivity index (χ4v) is 1.32. The summed E-state index contributed by atoms with van der Waals surface area (Å²) in [5.74, 6) is -1.83. The second kappa shape index (κ2) is 6.60. The van der Waals surface area contributed by atoms with Crippen molar-refractivity contribution < 1.29 is 19.2 Å². The number of nitrogens with two attached hydrogens (primary N) is 1. The van der Waals surface area contributed by atoms with Crippen LogP contribution < -0.4 is 5.73 Å². The lowest BCUT2D eigenvalue weighted by Gasteiger charge is -2.07. The first-order chi connectivity index (χ1) is 8.95. The van der Waals surface area contributed by atoms with Crippen LogP contribution in [0.3, 0.4) is 0 Å². The highest BCUT2D eigenvalue weighted by Gasteiger charge is 2.21. The second-order valence-electron chi connectivity index (χ2n) is 3.88. The van der Waals surface area contributed by atoms with Crippen molar-refractivity contribution in [2.24, 2.45) is 5.73 Å². The van der Waals surface area contributed by atoms with Crippen LogP contribution in [-0.4, -0.2) is 22.7 Å². The van der Waals surface area contributed by atoms with Gasteiger partial charge in [0.05, 0.1) is 11.0 Å². The standard InChI is InChI=1S/C12H14N2O5/c1-2-10(13)11(15)12(16)19-7-8-4-3-5-9(6-8)14(17)18/h3-6,10H,2,7,13H2,1H3.